The van der Waals surface area contributed by atoms with Gasteiger partial charge >= 0.3 is 0 Å². The third kappa shape index (κ3) is 4.21. The van der Waals surface area contributed by atoms with Gasteiger partial charge in [-0.1, -0.05) is 29.3 Å². The van der Waals surface area contributed by atoms with Gasteiger partial charge in [-0.3, -0.25) is 4.79 Å². The van der Waals surface area contributed by atoms with Crippen LogP contribution in [0, 0.1) is 6.92 Å². The van der Waals surface area contributed by atoms with Crippen LogP contribution in [0.5, 0.6) is 0 Å². The number of nitrogens with zero attached hydrogens (tertiary/aromatic N) is 3. The van der Waals surface area contributed by atoms with E-state index in [0.29, 0.717) is 16.5 Å². The minimum Gasteiger partial charge on any atom is -0.346 e. The molecule has 4 nitrogen and oxygen atoms in total. The Morgan fingerprint density at radius 2 is 2.04 bits per heavy atom. The van der Waals surface area contributed by atoms with Crippen LogP contribution in [0.15, 0.2) is 23.6 Å². The van der Waals surface area contributed by atoms with E-state index in [2.05, 4.69) is 15.3 Å². The van der Waals surface area contributed by atoms with Crippen LogP contribution in [0.1, 0.15) is 17.7 Å². The van der Waals surface area contributed by atoms with Crippen molar-refractivity contribution >= 4 is 45.6 Å². The molecule has 3 rings (SSSR count). The van der Waals surface area contributed by atoms with Gasteiger partial charge in [0.25, 0.3) is 0 Å². The number of halogens is 2. The van der Waals surface area contributed by atoms with Crippen molar-refractivity contribution in [2.75, 3.05) is 31.1 Å². The molecule has 1 aliphatic rings. The molecule has 2 heterocycles. The van der Waals surface area contributed by atoms with Gasteiger partial charge < -0.3 is 9.80 Å². The van der Waals surface area contributed by atoms with Crippen molar-refractivity contribution < 1.29 is 4.79 Å². The van der Waals surface area contributed by atoms with Crippen molar-refractivity contribution in [2.24, 2.45) is 0 Å². The van der Waals surface area contributed by atoms with Gasteiger partial charge in [-0.15, -0.1) is 11.3 Å². The Balaban J connectivity index is 1.60. The molecule has 2 aromatic rings. The Labute approximate surface area is 156 Å². The fraction of sp³-hybridized carbons (Fsp3) is 0.412. The minimum atomic E-state index is 0.130. The van der Waals surface area contributed by atoms with E-state index in [1.807, 2.05) is 17.9 Å². The molecule has 0 N–H and O–H groups in total. The zero-order valence-corrected chi connectivity index (χ0v) is 15.8. The summed E-state index contributed by atoms with van der Waals surface area (Å²) in [6.45, 7) is 5.26. The number of hydrogen-bond acceptors (Lipinski definition) is 4. The molecule has 0 radical (unpaired) electrons. The Bertz CT molecular complexity index is 734. The first-order chi connectivity index (χ1) is 11.5. The first kappa shape index (κ1) is 17.5. The summed E-state index contributed by atoms with van der Waals surface area (Å²) < 4.78 is 0. The summed E-state index contributed by atoms with van der Waals surface area (Å²) in [4.78, 5) is 21.3. The Morgan fingerprint density at radius 3 is 2.75 bits per heavy atom. The lowest BCUT2D eigenvalue weighted by Crippen LogP contribution is -2.36. The largest absolute Gasteiger partial charge is 0.346 e. The lowest BCUT2D eigenvalue weighted by Gasteiger charge is -2.22. The van der Waals surface area contributed by atoms with E-state index in [4.69, 9.17) is 23.2 Å². The maximum atomic E-state index is 12.6. The van der Waals surface area contributed by atoms with E-state index in [1.54, 1.807) is 23.5 Å². The maximum Gasteiger partial charge on any atom is 0.227 e. The predicted octanol–water partition coefficient (Wildman–Crippen LogP) is 4.04. The first-order valence-electron chi connectivity index (χ1n) is 7.92. The number of benzene rings is 1. The van der Waals surface area contributed by atoms with E-state index in [1.165, 1.54) is 0 Å². The number of hydrogen-bond donors (Lipinski definition) is 0. The summed E-state index contributed by atoms with van der Waals surface area (Å²) in [5.41, 5.74) is 1.94. The van der Waals surface area contributed by atoms with E-state index >= 15 is 0 Å². The third-order valence-corrected chi connectivity index (χ3v) is 5.82. The summed E-state index contributed by atoms with van der Waals surface area (Å²) in [6.07, 6.45) is 1.30. The van der Waals surface area contributed by atoms with Crippen LogP contribution in [-0.4, -0.2) is 42.0 Å². The van der Waals surface area contributed by atoms with Gasteiger partial charge in [0, 0.05) is 31.6 Å². The quantitative estimate of drug-likeness (QED) is 0.802. The number of aromatic nitrogens is 1. The van der Waals surface area contributed by atoms with Gasteiger partial charge in [-0.05, 0) is 31.0 Å². The molecule has 0 bridgehead atoms. The second kappa shape index (κ2) is 7.72. The number of carbonyl (C=O) groups excluding carboxylic acids is 1. The van der Waals surface area contributed by atoms with Crippen molar-refractivity contribution in [1.82, 2.24) is 9.88 Å². The molecule has 1 fully saturated rings. The average Bonchev–Trinajstić information content (AvgIpc) is 2.84. The van der Waals surface area contributed by atoms with Gasteiger partial charge in [-0.2, -0.15) is 0 Å². The molecule has 1 aromatic carbocycles. The standard InChI is InChI=1S/C17H19Cl2N3OS/c1-12-11-24-17(20-12)22-6-2-5-21(7-8-22)16(23)10-13-3-4-14(18)15(19)9-13/h3-4,9,11H,2,5-8,10H2,1H3. The molecule has 1 amide bonds. The highest BCUT2D eigenvalue weighted by molar-refractivity contribution is 7.13. The molecule has 0 saturated carbocycles. The highest BCUT2D eigenvalue weighted by atomic mass is 35.5. The van der Waals surface area contributed by atoms with Crippen molar-refractivity contribution in [3.05, 3.63) is 44.9 Å². The topological polar surface area (TPSA) is 36.4 Å². The molecule has 1 saturated heterocycles. The van der Waals surface area contributed by atoms with Crippen LogP contribution in [0.2, 0.25) is 10.0 Å². The van der Waals surface area contributed by atoms with Gasteiger partial charge in [0.1, 0.15) is 0 Å². The van der Waals surface area contributed by atoms with Crippen LogP contribution >= 0.6 is 34.5 Å². The molecule has 0 atom stereocenters. The van der Waals surface area contributed by atoms with E-state index in [9.17, 15) is 4.79 Å². The number of amides is 1. The smallest absolute Gasteiger partial charge is 0.227 e. The molecule has 7 heteroatoms. The predicted molar refractivity (Wildman–Crippen MR) is 100 cm³/mol. The van der Waals surface area contributed by atoms with Crippen LogP contribution in [0.3, 0.4) is 0 Å². The third-order valence-electron chi connectivity index (χ3n) is 4.07. The fourth-order valence-electron chi connectivity index (χ4n) is 2.78. The van der Waals surface area contributed by atoms with Crippen LogP contribution in [0.25, 0.3) is 0 Å². The van der Waals surface area contributed by atoms with E-state index < -0.39 is 0 Å². The molecule has 24 heavy (non-hydrogen) atoms. The normalized spacial score (nSPS) is 15.5. The number of aryl methyl sites for hydroxylation is 1. The Morgan fingerprint density at radius 1 is 1.21 bits per heavy atom. The van der Waals surface area contributed by atoms with Crippen molar-refractivity contribution in [2.45, 2.75) is 19.8 Å². The van der Waals surface area contributed by atoms with Crippen molar-refractivity contribution in [3.63, 3.8) is 0 Å². The summed E-state index contributed by atoms with van der Waals surface area (Å²) in [7, 11) is 0. The molecule has 0 unspecified atom stereocenters. The van der Waals surface area contributed by atoms with E-state index in [0.717, 1.165) is 49.0 Å². The number of rotatable bonds is 3. The molecule has 0 spiro atoms. The average molecular weight is 384 g/mol. The zero-order valence-electron chi connectivity index (χ0n) is 13.5. The SMILES string of the molecule is Cc1csc(N2CCCN(C(=O)Cc3ccc(Cl)c(Cl)c3)CC2)n1. The highest BCUT2D eigenvalue weighted by Crippen LogP contribution is 2.24. The minimum absolute atomic E-state index is 0.130. The van der Waals surface area contributed by atoms with Crippen molar-refractivity contribution in [3.8, 4) is 0 Å². The first-order valence-corrected chi connectivity index (χ1v) is 9.55. The Hall–Kier alpha value is -1.30. The molecular weight excluding hydrogens is 365 g/mol. The monoisotopic (exact) mass is 383 g/mol. The summed E-state index contributed by atoms with van der Waals surface area (Å²) in [6, 6.07) is 5.36. The van der Waals surface area contributed by atoms with Crippen LogP contribution < -0.4 is 4.90 Å². The van der Waals surface area contributed by atoms with Gasteiger partial charge in [0.05, 0.1) is 22.2 Å². The molecule has 1 aliphatic heterocycles. The van der Waals surface area contributed by atoms with Gasteiger partial charge in [0.15, 0.2) is 5.13 Å². The zero-order chi connectivity index (χ0) is 17.1. The number of carbonyl (C=O) groups is 1. The molecule has 128 valence electrons. The van der Waals surface area contributed by atoms with Gasteiger partial charge in [-0.25, -0.2) is 4.98 Å². The maximum absolute atomic E-state index is 12.6. The molecular formula is C17H19Cl2N3OS. The lowest BCUT2D eigenvalue weighted by molar-refractivity contribution is -0.130. The number of anilines is 1. The second-order valence-corrected chi connectivity index (χ2v) is 7.57. The highest BCUT2D eigenvalue weighted by Gasteiger charge is 2.21. The summed E-state index contributed by atoms with van der Waals surface area (Å²) in [5, 5.41) is 4.11. The molecule has 1 aromatic heterocycles. The molecule has 0 aliphatic carbocycles. The van der Waals surface area contributed by atoms with Gasteiger partial charge in [0.2, 0.25) is 5.91 Å². The lowest BCUT2D eigenvalue weighted by atomic mass is 10.1. The van der Waals surface area contributed by atoms with Crippen LogP contribution in [0.4, 0.5) is 5.13 Å². The summed E-state index contributed by atoms with van der Waals surface area (Å²) >= 11 is 13.6. The number of thiazole rings is 1. The Kier molecular flexibility index (Phi) is 5.64. The van der Waals surface area contributed by atoms with Crippen LogP contribution in [-0.2, 0) is 11.2 Å². The van der Waals surface area contributed by atoms with E-state index in [-0.39, 0.29) is 5.91 Å². The second-order valence-electron chi connectivity index (χ2n) is 5.92. The van der Waals surface area contributed by atoms with Crippen molar-refractivity contribution in [1.29, 1.82) is 0 Å². The summed E-state index contributed by atoms with van der Waals surface area (Å²) in [5.74, 6) is 0.130. The fourth-order valence-corrected chi connectivity index (χ4v) is 3.96.